The van der Waals surface area contributed by atoms with Crippen molar-refractivity contribution in [2.45, 2.75) is 50.9 Å². The first-order valence-electron chi connectivity index (χ1n) is 7.70. The van der Waals surface area contributed by atoms with E-state index in [0.717, 1.165) is 18.3 Å². The lowest BCUT2D eigenvalue weighted by Gasteiger charge is -2.19. The molecule has 1 saturated carbocycles. The first-order chi connectivity index (χ1) is 9.91. The van der Waals surface area contributed by atoms with Crippen LogP contribution >= 0.6 is 0 Å². The van der Waals surface area contributed by atoms with Gasteiger partial charge in [0, 0.05) is 32.2 Å². The number of rotatable bonds is 5. The fourth-order valence-corrected chi connectivity index (χ4v) is 3.00. The fourth-order valence-electron chi connectivity index (χ4n) is 3.00. The maximum atomic E-state index is 12.4. The Labute approximate surface area is 124 Å². The summed E-state index contributed by atoms with van der Waals surface area (Å²) in [5.41, 5.74) is 0. The SMILES string of the molecule is CCCC1CC1NC(=NC)NC1CCN(CC(F)(F)F)C1. The van der Waals surface area contributed by atoms with E-state index in [9.17, 15) is 13.2 Å². The molecule has 122 valence electrons. The number of alkyl halides is 3. The lowest BCUT2D eigenvalue weighted by Crippen LogP contribution is -2.46. The summed E-state index contributed by atoms with van der Waals surface area (Å²) in [5, 5.41) is 6.61. The number of nitrogens with one attached hydrogen (secondary N) is 2. The third kappa shape index (κ3) is 5.37. The highest BCUT2D eigenvalue weighted by atomic mass is 19.4. The molecule has 0 bridgehead atoms. The van der Waals surface area contributed by atoms with E-state index < -0.39 is 12.7 Å². The summed E-state index contributed by atoms with van der Waals surface area (Å²) in [5.74, 6) is 1.44. The van der Waals surface area contributed by atoms with Gasteiger partial charge in [0.15, 0.2) is 5.96 Å². The molecule has 7 heteroatoms. The molecule has 2 rings (SSSR count). The molecule has 21 heavy (non-hydrogen) atoms. The molecule has 0 aromatic heterocycles. The molecule has 2 aliphatic rings. The summed E-state index contributed by atoms with van der Waals surface area (Å²) in [4.78, 5) is 5.63. The predicted molar refractivity (Wildman–Crippen MR) is 77.3 cm³/mol. The highest BCUT2D eigenvalue weighted by molar-refractivity contribution is 5.80. The van der Waals surface area contributed by atoms with Crippen molar-refractivity contribution in [2.75, 3.05) is 26.7 Å². The normalized spacial score (nSPS) is 30.5. The maximum Gasteiger partial charge on any atom is 0.401 e. The molecule has 0 aromatic carbocycles. The third-order valence-electron chi connectivity index (χ3n) is 4.14. The smallest absolute Gasteiger partial charge is 0.353 e. The van der Waals surface area contributed by atoms with E-state index >= 15 is 0 Å². The van der Waals surface area contributed by atoms with Gasteiger partial charge in [-0.1, -0.05) is 13.3 Å². The fraction of sp³-hybridized carbons (Fsp3) is 0.929. The van der Waals surface area contributed by atoms with Crippen LogP contribution in [0, 0.1) is 5.92 Å². The van der Waals surface area contributed by atoms with Gasteiger partial charge >= 0.3 is 6.18 Å². The van der Waals surface area contributed by atoms with Crippen LogP contribution in [0.3, 0.4) is 0 Å². The minimum absolute atomic E-state index is 0.0434. The number of likely N-dealkylation sites (tertiary alicyclic amines) is 1. The summed E-state index contributed by atoms with van der Waals surface area (Å²) in [6.07, 6.45) is 0.177. The lowest BCUT2D eigenvalue weighted by atomic mass is 10.2. The van der Waals surface area contributed by atoms with Gasteiger partial charge < -0.3 is 10.6 Å². The zero-order chi connectivity index (χ0) is 15.5. The Kier molecular flexibility index (Phi) is 5.35. The molecular weight excluding hydrogens is 281 g/mol. The molecule has 3 unspecified atom stereocenters. The van der Waals surface area contributed by atoms with Crippen molar-refractivity contribution >= 4 is 5.96 Å². The molecule has 1 aliphatic heterocycles. The van der Waals surface area contributed by atoms with Gasteiger partial charge in [0.1, 0.15) is 0 Å². The average Bonchev–Trinajstić information content (AvgIpc) is 2.96. The van der Waals surface area contributed by atoms with Crippen molar-refractivity contribution in [2.24, 2.45) is 10.9 Å². The van der Waals surface area contributed by atoms with Gasteiger partial charge in [-0.05, 0) is 25.2 Å². The van der Waals surface area contributed by atoms with Crippen molar-refractivity contribution in [1.29, 1.82) is 0 Å². The molecule has 1 saturated heterocycles. The number of nitrogens with zero attached hydrogens (tertiary/aromatic N) is 2. The van der Waals surface area contributed by atoms with Gasteiger partial charge in [0.2, 0.25) is 0 Å². The Morgan fingerprint density at radius 1 is 1.33 bits per heavy atom. The number of halogens is 3. The molecule has 2 N–H and O–H groups in total. The molecule has 1 heterocycles. The van der Waals surface area contributed by atoms with Crippen molar-refractivity contribution in [3.8, 4) is 0 Å². The van der Waals surface area contributed by atoms with Gasteiger partial charge in [-0.2, -0.15) is 13.2 Å². The zero-order valence-corrected chi connectivity index (χ0v) is 12.7. The second-order valence-corrected chi connectivity index (χ2v) is 6.09. The summed E-state index contributed by atoms with van der Waals surface area (Å²) in [6, 6.07) is 0.519. The predicted octanol–water partition coefficient (Wildman–Crippen LogP) is 1.98. The summed E-state index contributed by atoms with van der Waals surface area (Å²) in [6.45, 7) is 2.26. The first kappa shape index (κ1) is 16.4. The highest BCUT2D eigenvalue weighted by Crippen LogP contribution is 2.34. The van der Waals surface area contributed by atoms with Crippen molar-refractivity contribution in [1.82, 2.24) is 15.5 Å². The van der Waals surface area contributed by atoms with E-state index in [1.54, 1.807) is 7.05 Å². The van der Waals surface area contributed by atoms with Crippen LogP contribution in [0.25, 0.3) is 0 Å². The van der Waals surface area contributed by atoms with Gasteiger partial charge in [-0.25, -0.2) is 0 Å². The molecular formula is C14H25F3N4. The standard InChI is InChI=1S/C14H25F3N4/c1-3-4-10-7-12(10)20-13(18-2)19-11-5-6-21(8-11)9-14(15,16)17/h10-12H,3-9H2,1-2H3,(H2,18,19,20). The van der Waals surface area contributed by atoms with Gasteiger partial charge in [0.25, 0.3) is 0 Å². The number of aliphatic imine (C=N–C) groups is 1. The molecule has 2 fully saturated rings. The Balaban J connectivity index is 1.71. The van der Waals surface area contributed by atoms with Gasteiger partial charge in [0.05, 0.1) is 6.54 Å². The molecule has 0 amide bonds. The van der Waals surface area contributed by atoms with Crippen molar-refractivity contribution in [3.05, 3.63) is 0 Å². The van der Waals surface area contributed by atoms with E-state index in [2.05, 4.69) is 22.5 Å². The van der Waals surface area contributed by atoms with E-state index in [-0.39, 0.29) is 6.04 Å². The Bertz CT molecular complexity index is 370. The van der Waals surface area contributed by atoms with E-state index in [1.165, 1.54) is 24.2 Å². The van der Waals surface area contributed by atoms with Crippen LogP contribution in [0.4, 0.5) is 13.2 Å². The summed E-state index contributed by atoms with van der Waals surface area (Å²) >= 11 is 0. The summed E-state index contributed by atoms with van der Waals surface area (Å²) in [7, 11) is 1.70. The monoisotopic (exact) mass is 306 g/mol. The Hall–Kier alpha value is -0.980. The van der Waals surface area contributed by atoms with Crippen molar-refractivity contribution in [3.63, 3.8) is 0 Å². The third-order valence-corrected chi connectivity index (χ3v) is 4.14. The Morgan fingerprint density at radius 2 is 2.10 bits per heavy atom. The number of hydrogen-bond donors (Lipinski definition) is 2. The van der Waals surface area contributed by atoms with Crippen LogP contribution < -0.4 is 10.6 Å². The molecule has 3 atom stereocenters. The van der Waals surface area contributed by atoms with Crippen LogP contribution in [0.5, 0.6) is 0 Å². The van der Waals surface area contributed by atoms with Crippen molar-refractivity contribution < 1.29 is 13.2 Å². The molecule has 0 spiro atoms. The van der Waals surface area contributed by atoms with E-state index in [0.29, 0.717) is 19.1 Å². The topological polar surface area (TPSA) is 39.7 Å². The van der Waals surface area contributed by atoms with Crippen LogP contribution in [-0.2, 0) is 0 Å². The van der Waals surface area contributed by atoms with E-state index in [1.807, 2.05) is 0 Å². The van der Waals surface area contributed by atoms with Gasteiger partial charge in [-0.15, -0.1) is 0 Å². The van der Waals surface area contributed by atoms with Crippen LogP contribution in [0.1, 0.15) is 32.6 Å². The average molecular weight is 306 g/mol. The minimum atomic E-state index is -4.11. The second-order valence-electron chi connectivity index (χ2n) is 6.09. The van der Waals surface area contributed by atoms with Crippen LogP contribution in [0.2, 0.25) is 0 Å². The Morgan fingerprint density at radius 3 is 2.71 bits per heavy atom. The molecule has 0 radical (unpaired) electrons. The first-order valence-corrected chi connectivity index (χ1v) is 7.70. The second kappa shape index (κ2) is 6.85. The molecule has 4 nitrogen and oxygen atoms in total. The zero-order valence-electron chi connectivity index (χ0n) is 12.7. The maximum absolute atomic E-state index is 12.4. The van der Waals surface area contributed by atoms with Crippen LogP contribution in [-0.4, -0.2) is 55.8 Å². The van der Waals surface area contributed by atoms with Crippen LogP contribution in [0.15, 0.2) is 4.99 Å². The minimum Gasteiger partial charge on any atom is -0.353 e. The number of guanidine groups is 1. The largest absolute Gasteiger partial charge is 0.401 e. The molecule has 1 aliphatic carbocycles. The van der Waals surface area contributed by atoms with E-state index in [4.69, 9.17) is 0 Å². The number of hydrogen-bond acceptors (Lipinski definition) is 2. The summed E-state index contributed by atoms with van der Waals surface area (Å²) < 4.78 is 37.1. The molecule has 0 aromatic rings. The highest BCUT2D eigenvalue weighted by Gasteiger charge is 2.38. The van der Waals surface area contributed by atoms with Gasteiger partial charge in [-0.3, -0.25) is 9.89 Å². The lowest BCUT2D eigenvalue weighted by molar-refractivity contribution is -0.143. The quantitative estimate of drug-likeness (QED) is 0.603.